The van der Waals surface area contributed by atoms with Gasteiger partial charge in [-0.05, 0) is 37.0 Å². The highest BCUT2D eigenvalue weighted by atomic mass is 32.2. The van der Waals surface area contributed by atoms with Crippen molar-refractivity contribution in [2.45, 2.75) is 32.1 Å². The van der Waals surface area contributed by atoms with Gasteiger partial charge in [0.05, 0.1) is 17.8 Å². The van der Waals surface area contributed by atoms with Crippen molar-refractivity contribution in [1.82, 2.24) is 14.7 Å². The highest BCUT2D eigenvalue weighted by Gasteiger charge is 2.19. The molecular formula is C21H24N4O2S. The lowest BCUT2D eigenvalue weighted by Gasteiger charge is -2.20. The molecule has 0 radical (unpaired) electrons. The van der Waals surface area contributed by atoms with E-state index in [0.29, 0.717) is 5.82 Å². The molecule has 7 heteroatoms. The number of rotatable bonds is 6. The monoisotopic (exact) mass is 396 g/mol. The van der Waals surface area contributed by atoms with E-state index in [4.69, 9.17) is 4.98 Å². The van der Waals surface area contributed by atoms with E-state index in [1.807, 2.05) is 43.3 Å². The average molecular weight is 397 g/mol. The zero-order valence-corrected chi connectivity index (χ0v) is 16.7. The molecule has 0 atom stereocenters. The summed E-state index contributed by atoms with van der Waals surface area (Å²) in [4.78, 5) is 11.6. The van der Waals surface area contributed by atoms with Crippen LogP contribution in [-0.4, -0.2) is 31.5 Å². The Morgan fingerprint density at radius 1 is 1.00 bits per heavy atom. The Balaban J connectivity index is 1.61. The number of sulfonamides is 1. The van der Waals surface area contributed by atoms with Crippen LogP contribution >= 0.6 is 0 Å². The normalized spacial score (nSPS) is 14.7. The number of aromatic nitrogens is 2. The van der Waals surface area contributed by atoms with Crippen LogP contribution in [0, 0.1) is 6.92 Å². The fourth-order valence-electron chi connectivity index (χ4n) is 3.59. The molecule has 1 aromatic heterocycles. The van der Waals surface area contributed by atoms with Gasteiger partial charge < -0.3 is 4.90 Å². The van der Waals surface area contributed by atoms with Crippen molar-refractivity contribution >= 4 is 26.7 Å². The SMILES string of the molecule is Cc1cccc2c(N3CCCC3)nc(CNS(=O)(=O)Cc3ccccc3)nc12. The van der Waals surface area contributed by atoms with E-state index in [0.717, 1.165) is 53.8 Å². The minimum atomic E-state index is -3.47. The summed E-state index contributed by atoms with van der Waals surface area (Å²) in [5.41, 5.74) is 2.70. The molecule has 2 aromatic carbocycles. The fourth-order valence-corrected chi connectivity index (χ4v) is 4.67. The minimum absolute atomic E-state index is 0.0561. The van der Waals surface area contributed by atoms with Gasteiger partial charge >= 0.3 is 0 Å². The lowest BCUT2D eigenvalue weighted by Crippen LogP contribution is -2.27. The molecule has 1 aliphatic rings. The number of nitrogens with zero attached hydrogens (tertiary/aromatic N) is 3. The predicted molar refractivity (Wildman–Crippen MR) is 112 cm³/mol. The van der Waals surface area contributed by atoms with Gasteiger partial charge in [0.1, 0.15) is 11.6 Å². The molecule has 0 saturated carbocycles. The predicted octanol–water partition coefficient (Wildman–Crippen LogP) is 3.16. The Bertz CT molecular complexity index is 1080. The Hall–Kier alpha value is -2.51. The van der Waals surface area contributed by atoms with Crippen LogP contribution in [-0.2, 0) is 22.3 Å². The molecular weight excluding hydrogens is 372 g/mol. The Morgan fingerprint density at radius 3 is 2.50 bits per heavy atom. The van der Waals surface area contributed by atoms with Crippen LogP contribution < -0.4 is 9.62 Å². The molecule has 2 heterocycles. The van der Waals surface area contributed by atoms with E-state index < -0.39 is 10.0 Å². The van der Waals surface area contributed by atoms with Gasteiger partial charge in [0, 0.05) is 18.5 Å². The first-order chi connectivity index (χ1) is 13.5. The number of hydrogen-bond acceptors (Lipinski definition) is 5. The molecule has 0 amide bonds. The van der Waals surface area contributed by atoms with Crippen LogP contribution in [0.2, 0.25) is 0 Å². The fraction of sp³-hybridized carbons (Fsp3) is 0.333. The standard InChI is InChI=1S/C21H24N4O2S/c1-16-8-7-11-18-20(16)23-19(24-21(18)25-12-5-6-13-25)14-22-28(26,27)15-17-9-3-2-4-10-17/h2-4,7-11,22H,5-6,12-15H2,1H3. The van der Waals surface area contributed by atoms with Crippen LogP contribution in [0.5, 0.6) is 0 Å². The number of hydrogen-bond donors (Lipinski definition) is 1. The first-order valence-corrected chi connectivity index (χ1v) is 11.2. The number of aryl methyl sites for hydroxylation is 1. The molecule has 1 saturated heterocycles. The molecule has 0 aliphatic carbocycles. The van der Waals surface area contributed by atoms with Crippen molar-refractivity contribution < 1.29 is 8.42 Å². The molecule has 1 fully saturated rings. The van der Waals surface area contributed by atoms with E-state index in [2.05, 4.69) is 14.6 Å². The van der Waals surface area contributed by atoms with Crippen molar-refractivity contribution in [1.29, 1.82) is 0 Å². The minimum Gasteiger partial charge on any atom is -0.356 e. The summed E-state index contributed by atoms with van der Waals surface area (Å²) in [5, 5.41) is 1.03. The lowest BCUT2D eigenvalue weighted by atomic mass is 10.1. The number of benzene rings is 2. The molecule has 3 aromatic rings. The summed E-state index contributed by atoms with van der Waals surface area (Å²) in [5.74, 6) is 1.35. The third-order valence-corrected chi connectivity index (χ3v) is 6.31. The average Bonchev–Trinajstić information content (AvgIpc) is 3.22. The molecule has 146 valence electrons. The third-order valence-electron chi connectivity index (χ3n) is 5.01. The van der Waals surface area contributed by atoms with E-state index in [1.54, 1.807) is 12.1 Å². The second-order valence-corrected chi connectivity index (χ2v) is 9.00. The summed E-state index contributed by atoms with van der Waals surface area (Å²) in [6.07, 6.45) is 2.30. The Kier molecular flexibility index (Phi) is 5.28. The van der Waals surface area contributed by atoms with Crippen molar-refractivity contribution in [3.05, 3.63) is 65.5 Å². The molecule has 6 nitrogen and oxygen atoms in total. The van der Waals surface area contributed by atoms with Gasteiger partial charge in [-0.25, -0.2) is 23.1 Å². The first-order valence-electron chi connectivity index (χ1n) is 9.54. The van der Waals surface area contributed by atoms with Crippen LogP contribution in [0.4, 0.5) is 5.82 Å². The van der Waals surface area contributed by atoms with E-state index >= 15 is 0 Å². The van der Waals surface area contributed by atoms with Gasteiger partial charge in [-0.1, -0.05) is 42.5 Å². The summed E-state index contributed by atoms with van der Waals surface area (Å²) in [6.45, 7) is 4.05. The van der Waals surface area contributed by atoms with Crippen molar-refractivity contribution in [3.8, 4) is 0 Å². The van der Waals surface area contributed by atoms with Gasteiger partial charge in [-0.15, -0.1) is 0 Å². The highest BCUT2D eigenvalue weighted by Crippen LogP contribution is 2.28. The van der Waals surface area contributed by atoms with E-state index in [-0.39, 0.29) is 12.3 Å². The maximum absolute atomic E-state index is 12.5. The van der Waals surface area contributed by atoms with Crippen molar-refractivity contribution in [2.75, 3.05) is 18.0 Å². The molecule has 0 unspecified atom stereocenters. The molecule has 4 rings (SSSR count). The quantitative estimate of drug-likeness (QED) is 0.693. The van der Waals surface area contributed by atoms with Crippen LogP contribution in [0.1, 0.15) is 29.8 Å². The topological polar surface area (TPSA) is 75.2 Å². The summed E-state index contributed by atoms with van der Waals surface area (Å²) >= 11 is 0. The van der Waals surface area contributed by atoms with Crippen LogP contribution in [0.25, 0.3) is 10.9 Å². The smallest absolute Gasteiger partial charge is 0.216 e. The van der Waals surface area contributed by atoms with Gasteiger partial charge in [-0.3, -0.25) is 0 Å². The molecule has 1 aliphatic heterocycles. The number of nitrogens with one attached hydrogen (secondary N) is 1. The number of para-hydroxylation sites is 1. The van der Waals surface area contributed by atoms with Gasteiger partial charge in [0.2, 0.25) is 10.0 Å². The first kappa shape index (κ1) is 18.8. The molecule has 0 bridgehead atoms. The van der Waals surface area contributed by atoms with Gasteiger partial charge in [0.25, 0.3) is 0 Å². The number of fused-ring (bicyclic) bond motifs is 1. The van der Waals surface area contributed by atoms with Gasteiger partial charge in [0.15, 0.2) is 0 Å². The molecule has 0 spiro atoms. The van der Waals surface area contributed by atoms with Gasteiger partial charge in [-0.2, -0.15) is 0 Å². The molecule has 1 N–H and O–H groups in total. The zero-order valence-electron chi connectivity index (χ0n) is 15.9. The lowest BCUT2D eigenvalue weighted by molar-refractivity contribution is 0.578. The summed E-state index contributed by atoms with van der Waals surface area (Å²) < 4.78 is 27.6. The van der Waals surface area contributed by atoms with Crippen molar-refractivity contribution in [2.24, 2.45) is 0 Å². The second-order valence-electron chi connectivity index (χ2n) is 7.19. The third kappa shape index (κ3) is 4.15. The van der Waals surface area contributed by atoms with E-state index in [1.165, 1.54) is 0 Å². The Labute approximate surface area is 165 Å². The van der Waals surface area contributed by atoms with E-state index in [9.17, 15) is 8.42 Å². The second kappa shape index (κ2) is 7.85. The largest absolute Gasteiger partial charge is 0.356 e. The zero-order chi connectivity index (χ0) is 19.6. The Morgan fingerprint density at radius 2 is 1.75 bits per heavy atom. The van der Waals surface area contributed by atoms with Crippen molar-refractivity contribution in [3.63, 3.8) is 0 Å². The maximum atomic E-state index is 12.5. The molecule has 28 heavy (non-hydrogen) atoms. The summed E-state index contributed by atoms with van der Waals surface area (Å²) in [7, 11) is -3.47. The number of anilines is 1. The van der Waals surface area contributed by atoms with Crippen LogP contribution in [0.3, 0.4) is 0 Å². The maximum Gasteiger partial charge on any atom is 0.216 e. The summed E-state index contributed by atoms with van der Waals surface area (Å²) in [6, 6.07) is 15.2. The van der Waals surface area contributed by atoms with Crippen LogP contribution in [0.15, 0.2) is 48.5 Å². The highest BCUT2D eigenvalue weighted by molar-refractivity contribution is 7.88.